The van der Waals surface area contributed by atoms with Crippen molar-refractivity contribution in [1.29, 1.82) is 0 Å². The molecule has 0 spiro atoms. The summed E-state index contributed by atoms with van der Waals surface area (Å²) in [6, 6.07) is 13.4. The quantitative estimate of drug-likeness (QED) is 0.768. The van der Waals surface area contributed by atoms with Gasteiger partial charge in [0, 0.05) is 14.1 Å². The number of thiophene rings is 1. The van der Waals surface area contributed by atoms with Gasteiger partial charge < -0.3 is 5.32 Å². The zero-order valence-electron chi connectivity index (χ0n) is 9.40. The Morgan fingerprint density at radius 2 is 2.00 bits per heavy atom. The molecule has 0 saturated heterocycles. The molecule has 1 aromatic heterocycles. The van der Waals surface area contributed by atoms with Gasteiger partial charge in [-0.25, -0.2) is 0 Å². The molecular weight excluding hydrogens is 341 g/mol. The van der Waals surface area contributed by atoms with Crippen molar-refractivity contribution in [1.82, 2.24) is 0 Å². The Morgan fingerprint density at radius 1 is 1.18 bits per heavy atom. The maximum absolute atomic E-state index is 3.71. The van der Waals surface area contributed by atoms with Crippen LogP contribution in [0.4, 0.5) is 5.69 Å². The lowest BCUT2D eigenvalue weighted by molar-refractivity contribution is 0.690. The Bertz CT molecular complexity index is 491. The molecule has 1 fully saturated rings. The van der Waals surface area contributed by atoms with Crippen molar-refractivity contribution in [3.05, 3.63) is 50.2 Å². The number of hydrogen-bond donors (Lipinski definition) is 1. The van der Waals surface area contributed by atoms with Crippen LogP contribution >= 0.6 is 33.9 Å². The first-order valence-electron chi connectivity index (χ1n) is 5.89. The summed E-state index contributed by atoms with van der Waals surface area (Å²) < 4.78 is 1.30. The van der Waals surface area contributed by atoms with E-state index in [1.165, 1.54) is 27.0 Å². The van der Waals surface area contributed by atoms with E-state index >= 15 is 0 Å². The minimum absolute atomic E-state index is 0.505. The standard InChI is InChI=1S/C14H14INS/c15-11-4-1-2-5-12(11)16-14(10-7-8-10)13-6-3-9-17-13/h1-6,9-10,14,16H,7-8H2. The van der Waals surface area contributed by atoms with E-state index in [1.807, 2.05) is 11.3 Å². The summed E-state index contributed by atoms with van der Waals surface area (Å²) in [5.74, 6) is 0.824. The van der Waals surface area contributed by atoms with Crippen molar-refractivity contribution in [3.8, 4) is 0 Å². The molecule has 1 unspecified atom stereocenters. The van der Waals surface area contributed by atoms with E-state index in [-0.39, 0.29) is 0 Å². The second-order valence-corrected chi connectivity index (χ2v) is 6.60. The number of para-hydroxylation sites is 1. The van der Waals surface area contributed by atoms with E-state index in [1.54, 1.807) is 0 Å². The molecule has 17 heavy (non-hydrogen) atoms. The van der Waals surface area contributed by atoms with E-state index in [0.29, 0.717) is 6.04 Å². The molecule has 0 bridgehead atoms. The molecule has 1 atom stereocenters. The number of benzene rings is 1. The third-order valence-electron chi connectivity index (χ3n) is 3.13. The van der Waals surface area contributed by atoms with E-state index in [9.17, 15) is 0 Å². The molecule has 88 valence electrons. The summed E-state index contributed by atoms with van der Waals surface area (Å²) in [4.78, 5) is 1.46. The van der Waals surface area contributed by atoms with Crippen LogP contribution in [0.3, 0.4) is 0 Å². The highest BCUT2D eigenvalue weighted by atomic mass is 127. The third-order valence-corrected chi connectivity index (χ3v) is 5.02. The smallest absolute Gasteiger partial charge is 0.0635 e. The zero-order valence-corrected chi connectivity index (χ0v) is 12.4. The zero-order chi connectivity index (χ0) is 11.7. The Balaban J connectivity index is 1.84. The SMILES string of the molecule is Ic1ccccc1NC(c1cccs1)C1CC1. The fourth-order valence-electron chi connectivity index (χ4n) is 2.06. The van der Waals surface area contributed by atoms with E-state index in [0.717, 1.165) is 5.92 Å². The van der Waals surface area contributed by atoms with E-state index < -0.39 is 0 Å². The number of nitrogens with one attached hydrogen (secondary N) is 1. The van der Waals surface area contributed by atoms with Gasteiger partial charge in [0.15, 0.2) is 0 Å². The highest BCUT2D eigenvalue weighted by Crippen LogP contribution is 2.44. The van der Waals surface area contributed by atoms with Crippen LogP contribution < -0.4 is 5.32 Å². The molecular formula is C14H14INS. The molecule has 1 aromatic carbocycles. The van der Waals surface area contributed by atoms with Crippen LogP contribution in [0.5, 0.6) is 0 Å². The van der Waals surface area contributed by atoms with Crippen LogP contribution in [-0.4, -0.2) is 0 Å². The lowest BCUT2D eigenvalue weighted by atomic mass is 10.1. The van der Waals surface area contributed by atoms with Crippen LogP contribution in [0, 0.1) is 9.49 Å². The molecule has 1 N–H and O–H groups in total. The maximum atomic E-state index is 3.71. The summed E-state index contributed by atoms with van der Waals surface area (Å²) in [5.41, 5.74) is 1.26. The monoisotopic (exact) mass is 355 g/mol. The van der Waals surface area contributed by atoms with Crippen LogP contribution in [0.2, 0.25) is 0 Å². The Hall–Kier alpha value is -0.550. The van der Waals surface area contributed by atoms with Crippen LogP contribution in [0.1, 0.15) is 23.8 Å². The Labute approximate surface area is 119 Å². The topological polar surface area (TPSA) is 12.0 Å². The van der Waals surface area contributed by atoms with Gasteiger partial charge in [-0.3, -0.25) is 0 Å². The van der Waals surface area contributed by atoms with Gasteiger partial charge in [-0.15, -0.1) is 11.3 Å². The van der Waals surface area contributed by atoms with Gasteiger partial charge in [0.1, 0.15) is 0 Å². The largest absolute Gasteiger partial charge is 0.376 e. The number of halogens is 1. The number of rotatable bonds is 4. The molecule has 2 aromatic rings. The first-order valence-corrected chi connectivity index (χ1v) is 7.85. The molecule has 0 aliphatic heterocycles. The predicted octanol–water partition coefficient (Wildman–Crippen LogP) is 4.92. The lowest BCUT2D eigenvalue weighted by Gasteiger charge is -2.19. The average molecular weight is 355 g/mol. The molecule has 0 radical (unpaired) electrons. The molecule has 0 amide bonds. The molecule has 1 nitrogen and oxygen atoms in total. The molecule has 1 aliphatic rings. The van der Waals surface area contributed by atoms with Crippen molar-refractivity contribution in [2.45, 2.75) is 18.9 Å². The molecule has 1 saturated carbocycles. The van der Waals surface area contributed by atoms with Crippen molar-refractivity contribution in [2.75, 3.05) is 5.32 Å². The average Bonchev–Trinajstić information content (AvgIpc) is 3.03. The lowest BCUT2D eigenvalue weighted by Crippen LogP contribution is -2.12. The summed E-state index contributed by atoms with van der Waals surface area (Å²) in [6.45, 7) is 0. The highest BCUT2D eigenvalue weighted by Gasteiger charge is 2.33. The summed E-state index contributed by atoms with van der Waals surface area (Å²) in [5, 5.41) is 5.88. The normalized spacial score (nSPS) is 16.8. The third kappa shape index (κ3) is 2.65. The van der Waals surface area contributed by atoms with Gasteiger partial charge >= 0.3 is 0 Å². The van der Waals surface area contributed by atoms with Crippen LogP contribution in [0.15, 0.2) is 41.8 Å². The second-order valence-electron chi connectivity index (χ2n) is 4.45. The van der Waals surface area contributed by atoms with E-state index in [2.05, 4.69) is 69.7 Å². The number of hydrogen-bond acceptors (Lipinski definition) is 2. The minimum Gasteiger partial charge on any atom is -0.376 e. The van der Waals surface area contributed by atoms with Gasteiger partial charge in [-0.2, -0.15) is 0 Å². The van der Waals surface area contributed by atoms with Crippen molar-refractivity contribution >= 4 is 39.6 Å². The molecule has 1 aliphatic carbocycles. The minimum atomic E-state index is 0.505. The van der Waals surface area contributed by atoms with E-state index in [4.69, 9.17) is 0 Å². The van der Waals surface area contributed by atoms with Gasteiger partial charge in [-0.05, 0) is 64.9 Å². The number of anilines is 1. The Kier molecular flexibility index (Phi) is 3.38. The summed E-state index contributed by atoms with van der Waals surface area (Å²) in [7, 11) is 0. The fraction of sp³-hybridized carbons (Fsp3) is 0.286. The van der Waals surface area contributed by atoms with Gasteiger partial charge in [0.05, 0.1) is 6.04 Å². The van der Waals surface area contributed by atoms with Gasteiger partial charge in [-0.1, -0.05) is 18.2 Å². The van der Waals surface area contributed by atoms with Gasteiger partial charge in [0.2, 0.25) is 0 Å². The fourth-order valence-corrected chi connectivity index (χ4v) is 3.48. The van der Waals surface area contributed by atoms with Gasteiger partial charge in [0.25, 0.3) is 0 Å². The second kappa shape index (κ2) is 4.98. The molecule has 3 heteroatoms. The highest BCUT2D eigenvalue weighted by molar-refractivity contribution is 14.1. The molecule has 3 rings (SSSR count). The van der Waals surface area contributed by atoms with Crippen LogP contribution in [-0.2, 0) is 0 Å². The summed E-state index contributed by atoms with van der Waals surface area (Å²) in [6.07, 6.45) is 2.72. The van der Waals surface area contributed by atoms with Crippen LogP contribution in [0.25, 0.3) is 0 Å². The predicted molar refractivity (Wildman–Crippen MR) is 82.6 cm³/mol. The summed E-state index contributed by atoms with van der Waals surface area (Å²) >= 11 is 4.26. The molecule has 1 heterocycles. The van der Waals surface area contributed by atoms with Crippen molar-refractivity contribution in [3.63, 3.8) is 0 Å². The first-order chi connectivity index (χ1) is 8.34. The first kappa shape index (κ1) is 11.5. The van der Waals surface area contributed by atoms with Crippen molar-refractivity contribution < 1.29 is 0 Å². The van der Waals surface area contributed by atoms with Crippen molar-refractivity contribution in [2.24, 2.45) is 5.92 Å². The Morgan fingerprint density at radius 3 is 2.65 bits per heavy atom. The maximum Gasteiger partial charge on any atom is 0.0635 e.